The van der Waals surface area contributed by atoms with Gasteiger partial charge in [0.2, 0.25) is 5.91 Å². The molecule has 92 valence electrons. The monoisotopic (exact) mass is 226 g/mol. The number of rotatable bonds is 6. The maximum atomic E-state index is 11.8. The van der Waals surface area contributed by atoms with Gasteiger partial charge < -0.3 is 10.4 Å². The first-order valence-corrected chi connectivity index (χ1v) is 5.72. The topological polar surface area (TPSA) is 73.1 Å². The summed E-state index contributed by atoms with van der Waals surface area (Å²) in [5.41, 5.74) is -0.996. The molecule has 2 unspecified atom stereocenters. The molecule has 0 aliphatic carbocycles. The van der Waals surface area contributed by atoms with Crippen molar-refractivity contribution in [2.45, 2.75) is 46.6 Å². The van der Waals surface area contributed by atoms with Crippen molar-refractivity contribution in [1.29, 1.82) is 5.26 Å². The molecule has 0 saturated carbocycles. The van der Waals surface area contributed by atoms with Crippen LogP contribution in [0.2, 0.25) is 0 Å². The van der Waals surface area contributed by atoms with Crippen LogP contribution in [0, 0.1) is 22.7 Å². The number of aliphatic hydroxyl groups is 1. The summed E-state index contributed by atoms with van der Waals surface area (Å²) in [5, 5.41) is 20.8. The molecule has 1 amide bonds. The molecule has 2 atom stereocenters. The lowest BCUT2D eigenvalue weighted by molar-refractivity contribution is -0.128. The van der Waals surface area contributed by atoms with E-state index in [-0.39, 0.29) is 18.6 Å². The molecule has 0 aromatic rings. The molecule has 0 fully saturated rings. The van der Waals surface area contributed by atoms with Crippen LogP contribution >= 0.6 is 0 Å². The Morgan fingerprint density at radius 2 is 2.12 bits per heavy atom. The Bertz CT molecular complexity index is 271. The summed E-state index contributed by atoms with van der Waals surface area (Å²) in [7, 11) is 0. The van der Waals surface area contributed by atoms with Gasteiger partial charge in [0, 0.05) is 0 Å². The SMILES string of the molecule is CCC(C)(C#N)C(=O)NC(CO)CC(C)C. The molecule has 4 nitrogen and oxygen atoms in total. The van der Waals surface area contributed by atoms with E-state index in [4.69, 9.17) is 10.4 Å². The average molecular weight is 226 g/mol. The van der Waals surface area contributed by atoms with Crippen LogP contribution in [0.3, 0.4) is 0 Å². The third kappa shape index (κ3) is 4.19. The summed E-state index contributed by atoms with van der Waals surface area (Å²) in [5.74, 6) is 0.101. The molecular weight excluding hydrogens is 204 g/mol. The number of carbonyl (C=O) groups is 1. The molecule has 2 N–H and O–H groups in total. The minimum absolute atomic E-state index is 0.0882. The highest BCUT2D eigenvalue weighted by atomic mass is 16.3. The maximum absolute atomic E-state index is 11.8. The number of nitrogens with one attached hydrogen (secondary N) is 1. The number of hydrogen-bond donors (Lipinski definition) is 2. The normalized spacial score (nSPS) is 16.3. The molecule has 0 bridgehead atoms. The van der Waals surface area contributed by atoms with Gasteiger partial charge in [-0.25, -0.2) is 0 Å². The molecule has 0 aromatic carbocycles. The van der Waals surface area contributed by atoms with Crippen molar-refractivity contribution in [3.05, 3.63) is 0 Å². The molecule has 0 aromatic heterocycles. The van der Waals surface area contributed by atoms with Crippen LogP contribution in [0.1, 0.15) is 40.5 Å². The van der Waals surface area contributed by atoms with Crippen LogP contribution in [-0.2, 0) is 4.79 Å². The first-order chi connectivity index (χ1) is 7.39. The number of nitriles is 1. The van der Waals surface area contributed by atoms with E-state index < -0.39 is 5.41 Å². The molecular formula is C12H22N2O2. The zero-order valence-corrected chi connectivity index (χ0v) is 10.6. The lowest BCUT2D eigenvalue weighted by Gasteiger charge is -2.24. The van der Waals surface area contributed by atoms with Gasteiger partial charge in [0.05, 0.1) is 18.7 Å². The van der Waals surface area contributed by atoms with E-state index in [2.05, 4.69) is 5.32 Å². The van der Waals surface area contributed by atoms with Gasteiger partial charge in [0.15, 0.2) is 0 Å². The minimum atomic E-state index is -0.996. The van der Waals surface area contributed by atoms with Crippen LogP contribution in [0.15, 0.2) is 0 Å². The van der Waals surface area contributed by atoms with E-state index in [1.807, 2.05) is 19.9 Å². The van der Waals surface area contributed by atoms with Crippen molar-refractivity contribution in [3.63, 3.8) is 0 Å². The Kier molecular flexibility index (Phi) is 6.05. The van der Waals surface area contributed by atoms with Crippen LogP contribution < -0.4 is 5.32 Å². The molecule has 16 heavy (non-hydrogen) atoms. The van der Waals surface area contributed by atoms with Crippen molar-refractivity contribution < 1.29 is 9.90 Å². The van der Waals surface area contributed by atoms with Crippen molar-refractivity contribution in [3.8, 4) is 6.07 Å². The highest BCUT2D eigenvalue weighted by molar-refractivity contribution is 5.85. The zero-order chi connectivity index (χ0) is 12.8. The smallest absolute Gasteiger partial charge is 0.240 e. The summed E-state index contributed by atoms with van der Waals surface area (Å²) < 4.78 is 0. The second-order valence-electron chi connectivity index (χ2n) is 4.78. The summed E-state index contributed by atoms with van der Waals surface area (Å²) >= 11 is 0. The highest BCUT2D eigenvalue weighted by Gasteiger charge is 2.32. The van der Waals surface area contributed by atoms with Crippen molar-refractivity contribution in [2.75, 3.05) is 6.61 Å². The number of amides is 1. The fourth-order valence-corrected chi connectivity index (χ4v) is 1.38. The van der Waals surface area contributed by atoms with Gasteiger partial charge in [-0.15, -0.1) is 0 Å². The van der Waals surface area contributed by atoms with Gasteiger partial charge in [0.1, 0.15) is 5.41 Å². The molecule has 0 radical (unpaired) electrons. The Labute approximate surface area is 97.7 Å². The van der Waals surface area contributed by atoms with E-state index in [0.717, 1.165) is 0 Å². The Balaban J connectivity index is 4.47. The molecule has 0 heterocycles. The van der Waals surface area contributed by atoms with Crippen LogP contribution in [0.25, 0.3) is 0 Å². The van der Waals surface area contributed by atoms with Crippen molar-refractivity contribution in [2.24, 2.45) is 11.3 Å². The van der Waals surface area contributed by atoms with Gasteiger partial charge in [-0.2, -0.15) is 5.26 Å². The lowest BCUT2D eigenvalue weighted by Crippen LogP contribution is -2.45. The van der Waals surface area contributed by atoms with Gasteiger partial charge >= 0.3 is 0 Å². The predicted octanol–water partition coefficient (Wildman–Crippen LogP) is 1.45. The average Bonchev–Trinajstić information content (AvgIpc) is 2.26. The standard InChI is InChI=1S/C12H22N2O2/c1-5-12(4,8-13)11(16)14-10(7-15)6-9(2)3/h9-10,15H,5-7H2,1-4H3,(H,14,16). The molecule has 0 spiro atoms. The third-order valence-electron chi connectivity index (χ3n) is 2.77. The van der Waals surface area contributed by atoms with E-state index in [9.17, 15) is 4.79 Å². The second kappa shape index (κ2) is 6.49. The highest BCUT2D eigenvalue weighted by Crippen LogP contribution is 2.20. The van der Waals surface area contributed by atoms with Crippen LogP contribution in [0.4, 0.5) is 0 Å². The zero-order valence-electron chi connectivity index (χ0n) is 10.6. The predicted molar refractivity (Wildman–Crippen MR) is 62.5 cm³/mol. The third-order valence-corrected chi connectivity index (χ3v) is 2.77. The van der Waals surface area contributed by atoms with Crippen LogP contribution in [0.5, 0.6) is 0 Å². The summed E-state index contributed by atoms with van der Waals surface area (Å²) in [6, 6.07) is 1.76. The quantitative estimate of drug-likeness (QED) is 0.720. The van der Waals surface area contributed by atoms with Gasteiger partial charge in [-0.05, 0) is 25.7 Å². The van der Waals surface area contributed by atoms with E-state index in [0.29, 0.717) is 18.8 Å². The summed E-state index contributed by atoms with van der Waals surface area (Å²) in [6.07, 6.45) is 1.18. The molecule has 0 aliphatic heterocycles. The number of nitrogens with zero attached hydrogens (tertiary/aromatic N) is 1. The summed E-state index contributed by atoms with van der Waals surface area (Å²) in [4.78, 5) is 11.8. The summed E-state index contributed by atoms with van der Waals surface area (Å²) in [6.45, 7) is 7.39. The fourth-order valence-electron chi connectivity index (χ4n) is 1.38. The van der Waals surface area contributed by atoms with E-state index in [1.54, 1.807) is 13.8 Å². The van der Waals surface area contributed by atoms with E-state index in [1.165, 1.54) is 0 Å². The number of hydrogen-bond acceptors (Lipinski definition) is 3. The second-order valence-corrected chi connectivity index (χ2v) is 4.78. The van der Waals surface area contributed by atoms with Crippen LogP contribution in [-0.4, -0.2) is 23.7 Å². The Hall–Kier alpha value is -1.08. The van der Waals surface area contributed by atoms with Gasteiger partial charge in [0.25, 0.3) is 0 Å². The van der Waals surface area contributed by atoms with Gasteiger partial charge in [-0.1, -0.05) is 20.8 Å². The minimum Gasteiger partial charge on any atom is -0.394 e. The number of aliphatic hydroxyl groups excluding tert-OH is 1. The number of carbonyl (C=O) groups excluding carboxylic acids is 1. The molecule has 4 heteroatoms. The fraction of sp³-hybridized carbons (Fsp3) is 0.833. The molecule has 0 rings (SSSR count). The molecule has 0 saturated heterocycles. The Morgan fingerprint density at radius 1 is 1.56 bits per heavy atom. The Morgan fingerprint density at radius 3 is 2.44 bits per heavy atom. The maximum Gasteiger partial charge on any atom is 0.240 e. The van der Waals surface area contributed by atoms with Crippen molar-refractivity contribution in [1.82, 2.24) is 5.32 Å². The first-order valence-electron chi connectivity index (χ1n) is 5.72. The lowest BCUT2D eigenvalue weighted by atomic mass is 9.88. The molecule has 0 aliphatic rings. The van der Waals surface area contributed by atoms with E-state index >= 15 is 0 Å². The largest absolute Gasteiger partial charge is 0.394 e. The van der Waals surface area contributed by atoms with Crippen molar-refractivity contribution >= 4 is 5.91 Å². The first kappa shape index (κ1) is 14.9. The van der Waals surface area contributed by atoms with Gasteiger partial charge in [-0.3, -0.25) is 4.79 Å².